The SMILES string of the molecule is C=CCOC(=O)N1CC(c2ccc(C)cc2)CC1(C)C(=O)O. The van der Waals surface area contributed by atoms with Gasteiger partial charge in [0.15, 0.2) is 0 Å². The summed E-state index contributed by atoms with van der Waals surface area (Å²) in [6, 6.07) is 7.96. The Labute approximate surface area is 130 Å². The van der Waals surface area contributed by atoms with Crippen molar-refractivity contribution in [2.75, 3.05) is 13.2 Å². The van der Waals surface area contributed by atoms with Gasteiger partial charge in [0.1, 0.15) is 12.1 Å². The molecule has 0 aliphatic carbocycles. The summed E-state index contributed by atoms with van der Waals surface area (Å²) in [6.07, 6.45) is 1.22. The summed E-state index contributed by atoms with van der Waals surface area (Å²) in [5, 5.41) is 9.56. The molecule has 0 radical (unpaired) electrons. The number of aryl methyl sites for hydroxylation is 1. The number of carboxylic acids is 1. The van der Waals surface area contributed by atoms with E-state index >= 15 is 0 Å². The van der Waals surface area contributed by atoms with E-state index in [9.17, 15) is 14.7 Å². The number of amides is 1. The Morgan fingerprint density at radius 1 is 1.45 bits per heavy atom. The van der Waals surface area contributed by atoms with Gasteiger partial charge in [0.25, 0.3) is 0 Å². The van der Waals surface area contributed by atoms with E-state index in [4.69, 9.17) is 4.74 Å². The highest BCUT2D eigenvalue weighted by Crippen LogP contribution is 2.39. The highest BCUT2D eigenvalue weighted by atomic mass is 16.6. The van der Waals surface area contributed by atoms with E-state index in [0.29, 0.717) is 13.0 Å². The van der Waals surface area contributed by atoms with Crippen LogP contribution in [0.2, 0.25) is 0 Å². The molecule has 22 heavy (non-hydrogen) atoms. The third kappa shape index (κ3) is 2.98. The van der Waals surface area contributed by atoms with Gasteiger partial charge < -0.3 is 9.84 Å². The number of ether oxygens (including phenoxy) is 1. The van der Waals surface area contributed by atoms with Crippen molar-refractivity contribution >= 4 is 12.1 Å². The maximum absolute atomic E-state index is 12.1. The zero-order chi connectivity index (χ0) is 16.3. The van der Waals surface area contributed by atoms with Crippen molar-refractivity contribution in [3.8, 4) is 0 Å². The van der Waals surface area contributed by atoms with Crippen LogP contribution in [-0.4, -0.2) is 40.8 Å². The molecular formula is C17H21NO4. The van der Waals surface area contributed by atoms with Gasteiger partial charge in [0, 0.05) is 12.5 Å². The van der Waals surface area contributed by atoms with Gasteiger partial charge in [-0.25, -0.2) is 9.59 Å². The molecule has 1 heterocycles. The number of benzene rings is 1. The highest BCUT2D eigenvalue weighted by molar-refractivity contribution is 5.85. The van der Waals surface area contributed by atoms with Crippen LogP contribution < -0.4 is 0 Å². The van der Waals surface area contributed by atoms with Gasteiger partial charge in [0.2, 0.25) is 0 Å². The number of nitrogens with zero attached hydrogens (tertiary/aromatic N) is 1. The minimum absolute atomic E-state index is 0.0158. The molecule has 1 aromatic rings. The molecule has 1 saturated heterocycles. The fourth-order valence-electron chi connectivity index (χ4n) is 2.83. The molecule has 1 fully saturated rings. The number of likely N-dealkylation sites (tertiary alicyclic amines) is 1. The molecule has 0 bridgehead atoms. The number of carbonyl (C=O) groups is 2. The fourth-order valence-corrected chi connectivity index (χ4v) is 2.83. The average Bonchev–Trinajstić information content (AvgIpc) is 2.85. The molecule has 2 atom stereocenters. The van der Waals surface area contributed by atoms with Crippen LogP contribution in [0.1, 0.15) is 30.4 Å². The van der Waals surface area contributed by atoms with Crippen LogP contribution in [0.4, 0.5) is 4.79 Å². The number of hydrogen-bond acceptors (Lipinski definition) is 3. The molecule has 1 aliphatic heterocycles. The fraction of sp³-hybridized carbons (Fsp3) is 0.412. The van der Waals surface area contributed by atoms with Crippen molar-refractivity contribution in [1.82, 2.24) is 4.90 Å². The minimum Gasteiger partial charge on any atom is -0.480 e. The van der Waals surface area contributed by atoms with Crippen LogP contribution >= 0.6 is 0 Å². The summed E-state index contributed by atoms with van der Waals surface area (Å²) in [6.45, 7) is 7.46. The van der Waals surface area contributed by atoms with E-state index in [1.807, 2.05) is 31.2 Å². The number of rotatable bonds is 4. The largest absolute Gasteiger partial charge is 0.480 e. The highest BCUT2D eigenvalue weighted by Gasteiger charge is 2.51. The lowest BCUT2D eigenvalue weighted by molar-refractivity contribution is -0.147. The van der Waals surface area contributed by atoms with Crippen LogP contribution in [-0.2, 0) is 9.53 Å². The van der Waals surface area contributed by atoms with E-state index in [1.54, 1.807) is 6.92 Å². The molecule has 118 valence electrons. The second-order valence-corrected chi connectivity index (χ2v) is 5.87. The first kappa shape index (κ1) is 16.1. The van der Waals surface area contributed by atoms with Gasteiger partial charge in [-0.15, -0.1) is 0 Å². The minimum atomic E-state index is -1.26. The maximum atomic E-state index is 12.1. The van der Waals surface area contributed by atoms with Gasteiger partial charge in [-0.2, -0.15) is 0 Å². The van der Waals surface area contributed by atoms with Crippen LogP contribution in [0.25, 0.3) is 0 Å². The van der Waals surface area contributed by atoms with Crippen molar-refractivity contribution in [2.45, 2.75) is 31.7 Å². The molecule has 0 aromatic heterocycles. The van der Waals surface area contributed by atoms with Crippen LogP contribution in [0.5, 0.6) is 0 Å². The van der Waals surface area contributed by atoms with Gasteiger partial charge in [-0.3, -0.25) is 4.90 Å². The van der Waals surface area contributed by atoms with E-state index in [2.05, 4.69) is 6.58 Å². The van der Waals surface area contributed by atoms with Crippen molar-refractivity contribution in [1.29, 1.82) is 0 Å². The molecule has 2 rings (SSSR count). The number of aliphatic carboxylic acids is 1. The quantitative estimate of drug-likeness (QED) is 0.868. The lowest BCUT2D eigenvalue weighted by Gasteiger charge is -2.29. The average molecular weight is 303 g/mol. The Hall–Kier alpha value is -2.30. The summed E-state index contributed by atoms with van der Waals surface area (Å²) in [5.41, 5.74) is 0.926. The summed E-state index contributed by atoms with van der Waals surface area (Å²) in [4.78, 5) is 25.1. The van der Waals surface area contributed by atoms with Crippen molar-refractivity contribution in [2.24, 2.45) is 0 Å². The van der Waals surface area contributed by atoms with Gasteiger partial charge >= 0.3 is 12.1 Å². The summed E-state index contributed by atoms with van der Waals surface area (Å²) in [7, 11) is 0. The molecular weight excluding hydrogens is 282 g/mol. The lowest BCUT2D eigenvalue weighted by Crippen LogP contribution is -2.50. The van der Waals surface area contributed by atoms with Crippen LogP contribution in [0.15, 0.2) is 36.9 Å². The number of hydrogen-bond donors (Lipinski definition) is 1. The van der Waals surface area contributed by atoms with Gasteiger partial charge in [-0.1, -0.05) is 42.5 Å². The standard InChI is InChI=1S/C17H21NO4/c1-4-9-22-16(21)18-11-14(10-17(18,3)15(19)20)13-7-5-12(2)6-8-13/h4-8,14H,1,9-11H2,2-3H3,(H,19,20). The molecule has 1 amide bonds. The Morgan fingerprint density at radius 3 is 2.64 bits per heavy atom. The van der Waals surface area contributed by atoms with Gasteiger partial charge in [0.05, 0.1) is 0 Å². The summed E-state index contributed by atoms with van der Waals surface area (Å²) in [5.74, 6) is -1.03. The van der Waals surface area contributed by atoms with Crippen molar-refractivity contribution in [3.05, 3.63) is 48.0 Å². The smallest absolute Gasteiger partial charge is 0.411 e. The summed E-state index contributed by atoms with van der Waals surface area (Å²) < 4.78 is 5.03. The van der Waals surface area contributed by atoms with E-state index in [0.717, 1.165) is 11.1 Å². The van der Waals surface area contributed by atoms with E-state index in [-0.39, 0.29) is 12.5 Å². The van der Waals surface area contributed by atoms with Crippen molar-refractivity contribution in [3.63, 3.8) is 0 Å². The summed E-state index contributed by atoms with van der Waals surface area (Å²) >= 11 is 0. The molecule has 2 unspecified atom stereocenters. The molecule has 5 heteroatoms. The second-order valence-electron chi connectivity index (χ2n) is 5.87. The van der Waals surface area contributed by atoms with E-state index < -0.39 is 17.6 Å². The predicted octanol–water partition coefficient (Wildman–Crippen LogP) is 2.95. The molecule has 0 saturated carbocycles. The monoisotopic (exact) mass is 303 g/mol. The molecule has 1 N–H and O–H groups in total. The second kappa shape index (κ2) is 6.22. The van der Waals surface area contributed by atoms with Crippen molar-refractivity contribution < 1.29 is 19.4 Å². The maximum Gasteiger partial charge on any atom is 0.411 e. The van der Waals surface area contributed by atoms with Gasteiger partial charge in [-0.05, 0) is 25.8 Å². The topological polar surface area (TPSA) is 66.8 Å². The van der Waals surface area contributed by atoms with Crippen LogP contribution in [0, 0.1) is 6.92 Å². The number of carboxylic acid groups (broad SMARTS) is 1. The third-order valence-electron chi connectivity index (χ3n) is 4.20. The Kier molecular flexibility index (Phi) is 4.54. The number of carbonyl (C=O) groups excluding carboxylic acids is 1. The first-order chi connectivity index (χ1) is 10.4. The normalized spacial score (nSPS) is 24.1. The zero-order valence-corrected chi connectivity index (χ0v) is 12.9. The Morgan fingerprint density at radius 2 is 2.09 bits per heavy atom. The molecule has 1 aromatic carbocycles. The predicted molar refractivity (Wildman–Crippen MR) is 82.8 cm³/mol. The lowest BCUT2D eigenvalue weighted by atomic mass is 9.90. The van der Waals surface area contributed by atoms with E-state index in [1.165, 1.54) is 11.0 Å². The van der Waals surface area contributed by atoms with Crippen LogP contribution in [0.3, 0.4) is 0 Å². The first-order valence-electron chi connectivity index (χ1n) is 7.23. The third-order valence-corrected chi connectivity index (χ3v) is 4.20. The molecule has 5 nitrogen and oxygen atoms in total. The zero-order valence-electron chi connectivity index (χ0n) is 12.9. The Balaban J connectivity index is 2.25. The first-order valence-corrected chi connectivity index (χ1v) is 7.23. The molecule has 1 aliphatic rings. The molecule has 0 spiro atoms. The Bertz CT molecular complexity index is 581.